The largest absolute Gasteiger partial charge is 0.353 e. The summed E-state index contributed by atoms with van der Waals surface area (Å²) >= 11 is 0. The van der Waals surface area contributed by atoms with Gasteiger partial charge in [0, 0.05) is 44.8 Å². The smallest absolute Gasteiger partial charge is 0.261 e. The molecule has 4 nitrogen and oxygen atoms in total. The van der Waals surface area contributed by atoms with E-state index in [2.05, 4.69) is 4.90 Å². The van der Waals surface area contributed by atoms with Gasteiger partial charge in [0.05, 0.1) is 0 Å². The molecule has 7 heteroatoms. The first kappa shape index (κ1) is 23.5. The maximum Gasteiger partial charge on any atom is 0.261 e. The molecule has 0 amide bonds. The van der Waals surface area contributed by atoms with Crippen LogP contribution in [0.3, 0.4) is 0 Å². The molecule has 0 radical (unpaired) electrons. The van der Waals surface area contributed by atoms with E-state index in [1.807, 2.05) is 18.9 Å². The Bertz CT molecular complexity index is 511. The minimum Gasteiger partial charge on any atom is -0.353 e. The maximum absolute atomic E-state index is 14.8. The maximum atomic E-state index is 14.8. The first-order valence-electron chi connectivity index (χ1n) is 10.7. The van der Waals surface area contributed by atoms with Gasteiger partial charge in [-0.15, -0.1) is 0 Å². The van der Waals surface area contributed by atoms with E-state index >= 15 is 0 Å². The van der Waals surface area contributed by atoms with Crippen LogP contribution in [0.15, 0.2) is 11.3 Å². The molecule has 164 valence electrons. The van der Waals surface area contributed by atoms with Crippen LogP contribution in [0.2, 0.25) is 0 Å². The van der Waals surface area contributed by atoms with Crippen molar-refractivity contribution in [3.05, 3.63) is 11.3 Å². The van der Waals surface area contributed by atoms with Crippen LogP contribution in [-0.4, -0.2) is 67.5 Å². The summed E-state index contributed by atoms with van der Waals surface area (Å²) in [6, 6.07) is 0.129. The molecular formula is C21H38F3N3O. The number of rotatable bonds is 10. The summed E-state index contributed by atoms with van der Waals surface area (Å²) in [5, 5.41) is 0. The van der Waals surface area contributed by atoms with Gasteiger partial charge in [-0.1, -0.05) is 0 Å². The van der Waals surface area contributed by atoms with Crippen LogP contribution in [0.25, 0.3) is 0 Å². The molecular weight excluding hydrogens is 367 g/mol. The molecule has 0 fully saturated rings. The lowest BCUT2D eigenvalue weighted by Gasteiger charge is -2.37. The summed E-state index contributed by atoms with van der Waals surface area (Å²) < 4.78 is 45.1. The summed E-state index contributed by atoms with van der Waals surface area (Å²) in [4.78, 5) is 4.38. The molecule has 0 bridgehead atoms. The minimum absolute atomic E-state index is 0.129. The number of ether oxygens (including phenoxy) is 1. The third-order valence-electron chi connectivity index (χ3n) is 6.07. The second-order valence-electron chi connectivity index (χ2n) is 8.75. The van der Waals surface area contributed by atoms with Gasteiger partial charge in [0.25, 0.3) is 6.43 Å². The zero-order chi connectivity index (χ0) is 20.7. The van der Waals surface area contributed by atoms with Crippen molar-refractivity contribution in [3.8, 4) is 0 Å². The Morgan fingerprint density at radius 1 is 1.21 bits per heavy atom. The van der Waals surface area contributed by atoms with E-state index in [0.717, 1.165) is 58.2 Å². The van der Waals surface area contributed by atoms with Crippen molar-refractivity contribution in [2.24, 2.45) is 5.73 Å². The van der Waals surface area contributed by atoms with Crippen LogP contribution in [0, 0.1) is 0 Å². The van der Waals surface area contributed by atoms with Crippen molar-refractivity contribution < 1.29 is 17.9 Å². The average molecular weight is 406 g/mol. The van der Waals surface area contributed by atoms with Crippen LogP contribution in [0.4, 0.5) is 13.2 Å². The van der Waals surface area contributed by atoms with E-state index in [-0.39, 0.29) is 12.3 Å². The quantitative estimate of drug-likeness (QED) is 0.588. The molecule has 0 saturated heterocycles. The van der Waals surface area contributed by atoms with Crippen LogP contribution in [0.1, 0.15) is 65.2 Å². The SMILES string of the molecule is C[C@H](N)CCC[C@@](C)(F)CCN1CCC2=C(CC1)N(C)C(OCC(F)F)CC2. The summed E-state index contributed by atoms with van der Waals surface area (Å²) in [6.07, 6.45) is 3.57. The third-order valence-corrected chi connectivity index (χ3v) is 6.07. The van der Waals surface area contributed by atoms with Gasteiger partial charge in [0.2, 0.25) is 0 Å². The Balaban J connectivity index is 1.80. The highest BCUT2D eigenvalue weighted by atomic mass is 19.3. The van der Waals surface area contributed by atoms with E-state index in [0.29, 0.717) is 12.8 Å². The molecule has 0 aliphatic carbocycles. The molecule has 1 unspecified atom stereocenters. The highest BCUT2D eigenvalue weighted by molar-refractivity contribution is 5.19. The Labute approximate surface area is 168 Å². The lowest BCUT2D eigenvalue weighted by molar-refractivity contribution is -0.0844. The van der Waals surface area contributed by atoms with Crippen LogP contribution < -0.4 is 5.73 Å². The molecule has 28 heavy (non-hydrogen) atoms. The average Bonchev–Trinajstić information content (AvgIpc) is 2.82. The monoisotopic (exact) mass is 405 g/mol. The van der Waals surface area contributed by atoms with Gasteiger partial charge < -0.3 is 20.3 Å². The molecule has 2 heterocycles. The van der Waals surface area contributed by atoms with Crippen molar-refractivity contribution in [1.29, 1.82) is 0 Å². The van der Waals surface area contributed by atoms with Crippen LogP contribution in [-0.2, 0) is 4.74 Å². The van der Waals surface area contributed by atoms with E-state index in [1.54, 1.807) is 6.92 Å². The Morgan fingerprint density at radius 3 is 2.61 bits per heavy atom. The summed E-state index contributed by atoms with van der Waals surface area (Å²) in [5.41, 5.74) is 7.24. The molecule has 0 spiro atoms. The van der Waals surface area contributed by atoms with Gasteiger partial charge in [-0.05, 0) is 64.4 Å². The fraction of sp³-hybridized carbons (Fsp3) is 0.905. The number of alkyl halides is 3. The molecule has 2 aliphatic rings. The normalized spacial score (nSPS) is 24.9. The van der Waals surface area contributed by atoms with Crippen molar-refractivity contribution in [2.45, 2.75) is 89.6 Å². The number of nitrogens with zero attached hydrogens (tertiary/aromatic N) is 2. The van der Waals surface area contributed by atoms with Gasteiger partial charge in [0.1, 0.15) is 18.5 Å². The molecule has 0 aromatic carbocycles. The second kappa shape index (κ2) is 10.8. The van der Waals surface area contributed by atoms with Gasteiger partial charge in [-0.3, -0.25) is 0 Å². The zero-order valence-corrected chi connectivity index (χ0v) is 17.7. The predicted molar refractivity (Wildman–Crippen MR) is 107 cm³/mol. The second-order valence-corrected chi connectivity index (χ2v) is 8.75. The molecule has 2 rings (SSSR count). The zero-order valence-electron chi connectivity index (χ0n) is 17.7. The number of halogens is 3. The van der Waals surface area contributed by atoms with E-state index < -0.39 is 18.7 Å². The molecule has 2 aliphatic heterocycles. The van der Waals surface area contributed by atoms with Gasteiger partial charge in [0.15, 0.2) is 0 Å². The fourth-order valence-corrected chi connectivity index (χ4v) is 4.26. The molecule has 0 aromatic heterocycles. The van der Waals surface area contributed by atoms with Crippen LogP contribution >= 0.6 is 0 Å². The topological polar surface area (TPSA) is 41.7 Å². The molecule has 2 N–H and O–H groups in total. The Morgan fingerprint density at radius 2 is 1.93 bits per heavy atom. The molecule has 3 atom stereocenters. The molecule has 0 saturated carbocycles. The standard InChI is InChI=1S/C21H38F3N3O/c1-16(25)5-4-10-21(2,24)11-14-27-12-8-17-6-7-20(28-15-19(22)23)26(3)18(17)9-13-27/h16,19-20H,4-15,25H2,1-3H3/t16-,20?,21+/m0/s1. The van der Waals surface area contributed by atoms with Crippen LogP contribution in [0.5, 0.6) is 0 Å². The van der Waals surface area contributed by atoms with E-state index in [9.17, 15) is 13.2 Å². The summed E-state index contributed by atoms with van der Waals surface area (Å²) in [5.74, 6) is 0. The Kier molecular flexibility index (Phi) is 9.09. The first-order chi connectivity index (χ1) is 13.2. The highest BCUT2D eigenvalue weighted by Gasteiger charge is 2.30. The van der Waals surface area contributed by atoms with E-state index in [1.165, 1.54) is 11.3 Å². The van der Waals surface area contributed by atoms with Gasteiger partial charge >= 0.3 is 0 Å². The lowest BCUT2D eigenvalue weighted by Crippen LogP contribution is -2.38. The summed E-state index contributed by atoms with van der Waals surface area (Å²) in [6.45, 7) is 5.71. The van der Waals surface area contributed by atoms with Crippen molar-refractivity contribution in [3.63, 3.8) is 0 Å². The number of hydrogen-bond donors (Lipinski definition) is 1. The van der Waals surface area contributed by atoms with Crippen molar-refractivity contribution >= 4 is 0 Å². The highest BCUT2D eigenvalue weighted by Crippen LogP contribution is 2.33. The lowest BCUT2D eigenvalue weighted by atomic mass is 9.95. The molecule has 0 aromatic rings. The van der Waals surface area contributed by atoms with E-state index in [4.69, 9.17) is 10.5 Å². The summed E-state index contributed by atoms with van der Waals surface area (Å²) in [7, 11) is 1.94. The van der Waals surface area contributed by atoms with Gasteiger partial charge in [-0.2, -0.15) is 0 Å². The minimum atomic E-state index is -2.43. The van der Waals surface area contributed by atoms with Crippen molar-refractivity contribution in [2.75, 3.05) is 33.3 Å². The number of nitrogens with two attached hydrogens (primary N) is 1. The first-order valence-corrected chi connectivity index (χ1v) is 10.7. The number of hydrogen-bond acceptors (Lipinski definition) is 4. The van der Waals surface area contributed by atoms with Crippen molar-refractivity contribution in [1.82, 2.24) is 9.80 Å². The van der Waals surface area contributed by atoms with Gasteiger partial charge in [-0.25, -0.2) is 13.2 Å². The Hall–Kier alpha value is -0.790. The predicted octanol–water partition coefficient (Wildman–Crippen LogP) is 4.31. The fourth-order valence-electron chi connectivity index (χ4n) is 4.26. The third kappa shape index (κ3) is 7.56.